The predicted molar refractivity (Wildman–Crippen MR) is 110 cm³/mol. The van der Waals surface area contributed by atoms with E-state index in [-0.39, 0.29) is 5.82 Å². The third-order valence-corrected chi connectivity index (χ3v) is 4.10. The number of rotatable bonds is 7. The molecule has 3 rings (SSSR count). The van der Waals surface area contributed by atoms with Crippen molar-refractivity contribution in [2.75, 3.05) is 20.1 Å². The lowest BCUT2D eigenvalue weighted by Gasteiger charge is -2.15. The van der Waals surface area contributed by atoms with Crippen molar-refractivity contribution >= 4 is 5.97 Å². The first-order valence-electron chi connectivity index (χ1n) is 9.35. The minimum Gasteiger partial charge on any atom is -0.475 e. The Morgan fingerprint density at radius 2 is 1.66 bits per heavy atom. The summed E-state index contributed by atoms with van der Waals surface area (Å²) < 4.78 is 50.4. The van der Waals surface area contributed by atoms with Crippen LogP contribution in [0.2, 0.25) is 0 Å². The number of hydrogen-bond acceptors (Lipinski definition) is 5. The van der Waals surface area contributed by atoms with Crippen molar-refractivity contribution in [1.82, 2.24) is 15.1 Å². The minimum absolute atomic E-state index is 0.283. The van der Waals surface area contributed by atoms with Gasteiger partial charge in [0.1, 0.15) is 17.3 Å². The van der Waals surface area contributed by atoms with Gasteiger partial charge in [0.15, 0.2) is 0 Å². The molecule has 7 nitrogen and oxygen atoms in total. The molecule has 1 heterocycles. The Morgan fingerprint density at radius 1 is 1.12 bits per heavy atom. The molecule has 0 aliphatic carbocycles. The molecule has 0 aliphatic rings. The van der Waals surface area contributed by atoms with Gasteiger partial charge < -0.3 is 20.5 Å². The molecular weight excluding hydrogens is 432 g/mol. The smallest absolute Gasteiger partial charge is 0.475 e. The van der Waals surface area contributed by atoms with Gasteiger partial charge in [-0.3, -0.25) is 5.10 Å². The highest BCUT2D eigenvalue weighted by Gasteiger charge is 2.38. The molecule has 0 spiro atoms. The lowest BCUT2D eigenvalue weighted by molar-refractivity contribution is -0.192. The van der Waals surface area contributed by atoms with E-state index in [9.17, 15) is 17.6 Å². The van der Waals surface area contributed by atoms with Crippen molar-refractivity contribution in [3.63, 3.8) is 0 Å². The summed E-state index contributed by atoms with van der Waals surface area (Å²) in [4.78, 5) is 11.0. The summed E-state index contributed by atoms with van der Waals surface area (Å²) in [5.74, 6) is -1.75. The number of hydrogen-bond donors (Lipinski definition) is 3. The van der Waals surface area contributed by atoms with Crippen LogP contribution in [0.4, 0.5) is 17.6 Å². The minimum atomic E-state index is -5.08. The average molecular weight is 454 g/mol. The first-order chi connectivity index (χ1) is 15.1. The van der Waals surface area contributed by atoms with Crippen LogP contribution in [0.15, 0.2) is 54.7 Å². The monoisotopic (exact) mass is 454 g/mol. The van der Waals surface area contributed by atoms with E-state index < -0.39 is 12.1 Å². The standard InChI is InChI=1S/C19H21FN4O.C2HF3O2/c1-24(11-10-21)13-15-12-22-23-19(15)14-2-6-17(7-3-14)25-18-8-4-16(20)5-9-18;3-2(4,5)1(6)7/h2-9,12H,10-11,13,21H2,1H3,(H,22,23);(H,6,7). The molecule has 0 saturated carbocycles. The number of aliphatic carboxylic acids is 1. The maximum atomic E-state index is 12.9. The number of carboxylic acids is 1. The highest BCUT2D eigenvalue weighted by Crippen LogP contribution is 2.27. The Labute approximate surface area is 181 Å². The average Bonchev–Trinajstić information content (AvgIpc) is 3.18. The largest absolute Gasteiger partial charge is 0.490 e. The van der Waals surface area contributed by atoms with Crippen LogP contribution >= 0.6 is 0 Å². The Balaban J connectivity index is 0.000000451. The van der Waals surface area contributed by atoms with Crippen molar-refractivity contribution in [1.29, 1.82) is 0 Å². The number of likely N-dealkylation sites (N-methyl/N-ethyl adjacent to an activating group) is 1. The van der Waals surface area contributed by atoms with Gasteiger partial charge in [0.25, 0.3) is 0 Å². The van der Waals surface area contributed by atoms with Gasteiger partial charge in [0.2, 0.25) is 0 Å². The molecule has 11 heteroatoms. The topological polar surface area (TPSA) is 104 Å². The van der Waals surface area contributed by atoms with Crippen LogP contribution in [0.5, 0.6) is 11.5 Å². The van der Waals surface area contributed by atoms with Crippen molar-refractivity contribution in [3.8, 4) is 22.8 Å². The molecule has 0 aliphatic heterocycles. The zero-order valence-corrected chi connectivity index (χ0v) is 17.1. The number of aromatic nitrogens is 2. The summed E-state index contributed by atoms with van der Waals surface area (Å²) in [5, 5.41) is 14.3. The maximum absolute atomic E-state index is 12.9. The van der Waals surface area contributed by atoms with Gasteiger partial charge in [-0.15, -0.1) is 0 Å². The summed E-state index contributed by atoms with van der Waals surface area (Å²) in [6.45, 7) is 2.23. The summed E-state index contributed by atoms with van der Waals surface area (Å²) in [5.41, 5.74) is 8.72. The van der Waals surface area contributed by atoms with Gasteiger partial charge in [-0.1, -0.05) is 0 Å². The number of ether oxygens (including phenoxy) is 1. The van der Waals surface area contributed by atoms with Crippen molar-refractivity contribution in [2.45, 2.75) is 12.7 Å². The predicted octanol–water partition coefficient (Wildman–Crippen LogP) is 4.03. The molecule has 172 valence electrons. The number of H-pyrrole nitrogens is 1. The molecule has 0 unspecified atom stereocenters. The molecule has 0 bridgehead atoms. The molecule has 0 fully saturated rings. The Bertz CT molecular complexity index is 990. The van der Waals surface area contributed by atoms with Crippen molar-refractivity contribution in [2.24, 2.45) is 5.73 Å². The number of halogens is 4. The first-order valence-corrected chi connectivity index (χ1v) is 9.35. The highest BCUT2D eigenvalue weighted by molar-refractivity contribution is 5.73. The molecule has 0 amide bonds. The molecule has 0 atom stereocenters. The fraction of sp³-hybridized carbons (Fsp3) is 0.238. The quantitative estimate of drug-likeness (QED) is 0.466. The normalized spacial score (nSPS) is 11.1. The van der Waals surface area contributed by atoms with E-state index in [4.69, 9.17) is 20.4 Å². The maximum Gasteiger partial charge on any atom is 0.490 e. The highest BCUT2D eigenvalue weighted by atomic mass is 19.4. The molecule has 0 radical (unpaired) electrons. The number of alkyl halides is 3. The van der Waals surface area contributed by atoms with Crippen LogP contribution < -0.4 is 10.5 Å². The SMILES string of the molecule is CN(CCN)Cc1cn[nH]c1-c1ccc(Oc2ccc(F)cc2)cc1.O=C(O)C(F)(F)F. The number of aromatic amines is 1. The Morgan fingerprint density at radius 3 is 2.16 bits per heavy atom. The molecule has 4 N–H and O–H groups in total. The third-order valence-electron chi connectivity index (χ3n) is 4.10. The summed E-state index contributed by atoms with van der Waals surface area (Å²) >= 11 is 0. The van der Waals surface area contributed by atoms with E-state index in [1.807, 2.05) is 37.5 Å². The van der Waals surface area contributed by atoms with E-state index in [0.717, 1.165) is 29.9 Å². The van der Waals surface area contributed by atoms with Gasteiger partial charge in [0.05, 0.1) is 11.9 Å². The number of nitrogens with two attached hydrogens (primary N) is 1. The van der Waals surface area contributed by atoms with Crippen molar-refractivity contribution in [3.05, 3.63) is 66.1 Å². The second-order valence-corrected chi connectivity index (χ2v) is 6.68. The molecular formula is C21H22F4N4O3. The fourth-order valence-electron chi connectivity index (χ4n) is 2.60. The molecule has 2 aromatic carbocycles. The molecule has 3 aromatic rings. The Kier molecular flexibility index (Phi) is 8.73. The second kappa shape index (κ2) is 11.3. The number of nitrogens with zero attached hydrogens (tertiary/aromatic N) is 2. The van der Waals surface area contributed by atoms with E-state index in [1.54, 1.807) is 12.1 Å². The molecule has 32 heavy (non-hydrogen) atoms. The number of benzene rings is 2. The third kappa shape index (κ3) is 7.67. The first kappa shape index (κ1) is 24.8. The number of carbonyl (C=O) groups is 1. The van der Waals surface area contributed by atoms with Gasteiger partial charge >= 0.3 is 12.1 Å². The molecule has 1 aromatic heterocycles. The van der Waals surface area contributed by atoms with Crippen molar-refractivity contribution < 1.29 is 32.2 Å². The molecule has 0 saturated heterocycles. The van der Waals surface area contributed by atoms with Gasteiger partial charge in [-0.25, -0.2) is 9.18 Å². The van der Waals surface area contributed by atoms with Crippen LogP contribution in [-0.4, -0.2) is 52.5 Å². The summed E-state index contributed by atoms with van der Waals surface area (Å²) in [6.07, 6.45) is -3.24. The van der Waals surface area contributed by atoms with Crippen LogP contribution in [0, 0.1) is 5.82 Å². The fourth-order valence-corrected chi connectivity index (χ4v) is 2.60. The zero-order chi connectivity index (χ0) is 23.7. The lowest BCUT2D eigenvalue weighted by atomic mass is 10.1. The van der Waals surface area contributed by atoms with Gasteiger partial charge in [0, 0.05) is 30.8 Å². The number of carboxylic acid groups (broad SMARTS) is 1. The van der Waals surface area contributed by atoms with E-state index in [2.05, 4.69) is 15.1 Å². The van der Waals surface area contributed by atoms with Crippen LogP contribution in [0.3, 0.4) is 0 Å². The van der Waals surface area contributed by atoms with Crippen LogP contribution in [0.25, 0.3) is 11.3 Å². The zero-order valence-electron chi connectivity index (χ0n) is 17.1. The lowest BCUT2D eigenvalue weighted by Crippen LogP contribution is -2.25. The van der Waals surface area contributed by atoms with E-state index in [1.165, 1.54) is 12.1 Å². The van der Waals surface area contributed by atoms with E-state index >= 15 is 0 Å². The second-order valence-electron chi connectivity index (χ2n) is 6.68. The van der Waals surface area contributed by atoms with Gasteiger partial charge in [-0.2, -0.15) is 18.3 Å². The van der Waals surface area contributed by atoms with Crippen LogP contribution in [-0.2, 0) is 11.3 Å². The number of nitrogens with one attached hydrogen (secondary N) is 1. The van der Waals surface area contributed by atoms with Crippen LogP contribution in [0.1, 0.15) is 5.56 Å². The van der Waals surface area contributed by atoms with E-state index in [0.29, 0.717) is 18.0 Å². The summed E-state index contributed by atoms with van der Waals surface area (Å²) in [7, 11) is 2.03. The summed E-state index contributed by atoms with van der Waals surface area (Å²) in [6, 6.07) is 13.7. The van der Waals surface area contributed by atoms with Gasteiger partial charge in [-0.05, 0) is 55.6 Å². The Hall–Kier alpha value is -3.44.